The van der Waals surface area contributed by atoms with Crippen LogP contribution in [0.25, 0.3) is 10.9 Å². The molecule has 7 nitrogen and oxygen atoms in total. The summed E-state index contributed by atoms with van der Waals surface area (Å²) in [6.45, 7) is 4.09. The SMILES string of the molecule is CCCC1(CCC)CC(O)=C(C2(c3nc4c(S(N)(=O)=O)cccc4cc3CC3CC3)C=CC=CC2)C(=O)O1. The van der Waals surface area contributed by atoms with E-state index in [2.05, 4.69) is 0 Å². The highest BCUT2D eigenvalue weighted by Crippen LogP contribution is 2.49. The molecule has 38 heavy (non-hydrogen) atoms. The average molecular weight is 537 g/mol. The summed E-state index contributed by atoms with van der Waals surface area (Å²) >= 11 is 0. The number of aromatic nitrogens is 1. The number of ether oxygens (including phenoxy) is 1. The van der Waals surface area contributed by atoms with Crippen molar-refractivity contribution < 1.29 is 23.1 Å². The minimum Gasteiger partial charge on any atom is -0.512 e. The summed E-state index contributed by atoms with van der Waals surface area (Å²) in [5.74, 6) is 0.00827. The zero-order chi connectivity index (χ0) is 27.1. The van der Waals surface area contributed by atoms with Crippen molar-refractivity contribution in [3.8, 4) is 0 Å². The van der Waals surface area contributed by atoms with Crippen LogP contribution < -0.4 is 5.14 Å². The zero-order valence-electron chi connectivity index (χ0n) is 22.1. The first-order valence-electron chi connectivity index (χ1n) is 13.6. The molecule has 8 heteroatoms. The van der Waals surface area contributed by atoms with E-state index < -0.39 is 27.0 Å². The molecule has 0 saturated heterocycles. The summed E-state index contributed by atoms with van der Waals surface area (Å²) in [6.07, 6.45) is 14.2. The van der Waals surface area contributed by atoms with Gasteiger partial charge in [0.25, 0.3) is 0 Å². The van der Waals surface area contributed by atoms with Crippen LogP contribution in [0.3, 0.4) is 0 Å². The first-order valence-corrected chi connectivity index (χ1v) is 15.1. The quantitative estimate of drug-likeness (QED) is 0.398. The molecule has 0 spiro atoms. The smallest absolute Gasteiger partial charge is 0.339 e. The van der Waals surface area contributed by atoms with Gasteiger partial charge in [-0.1, -0.05) is 63.1 Å². The predicted octanol–water partition coefficient (Wildman–Crippen LogP) is 5.69. The van der Waals surface area contributed by atoms with E-state index in [0.717, 1.165) is 37.7 Å². The van der Waals surface area contributed by atoms with Crippen LogP contribution in [0.2, 0.25) is 0 Å². The number of nitrogens with zero attached hydrogens (tertiary/aromatic N) is 1. The van der Waals surface area contributed by atoms with Gasteiger partial charge < -0.3 is 9.84 Å². The number of carbonyl (C=O) groups is 1. The van der Waals surface area contributed by atoms with Crippen LogP contribution in [0.5, 0.6) is 0 Å². The highest BCUT2D eigenvalue weighted by Gasteiger charge is 2.50. The fourth-order valence-electron chi connectivity index (χ4n) is 6.27. The molecular weight excluding hydrogens is 500 g/mol. The summed E-state index contributed by atoms with van der Waals surface area (Å²) in [5.41, 5.74) is 0.159. The van der Waals surface area contributed by atoms with Crippen LogP contribution in [0.15, 0.2) is 64.8 Å². The van der Waals surface area contributed by atoms with Gasteiger partial charge in [-0.15, -0.1) is 0 Å². The van der Waals surface area contributed by atoms with Crippen molar-refractivity contribution in [1.29, 1.82) is 0 Å². The number of para-hydroxylation sites is 1. The van der Waals surface area contributed by atoms with Crippen LogP contribution in [0.1, 0.15) is 76.5 Å². The lowest BCUT2D eigenvalue weighted by atomic mass is 9.68. The first kappa shape index (κ1) is 26.6. The Kier molecular flexibility index (Phi) is 6.99. The van der Waals surface area contributed by atoms with Gasteiger partial charge >= 0.3 is 5.97 Å². The number of carbonyl (C=O) groups excluding carboxylic acids is 1. The van der Waals surface area contributed by atoms with Crippen LogP contribution >= 0.6 is 0 Å². The molecule has 1 unspecified atom stereocenters. The lowest BCUT2D eigenvalue weighted by molar-refractivity contribution is -0.161. The molecule has 202 valence electrons. The van der Waals surface area contributed by atoms with E-state index in [1.807, 2.05) is 50.3 Å². The van der Waals surface area contributed by atoms with Crippen molar-refractivity contribution in [2.45, 2.75) is 87.5 Å². The number of rotatable bonds is 9. The Hall–Kier alpha value is -2.97. The molecule has 0 amide bonds. The second-order valence-corrected chi connectivity index (χ2v) is 12.6. The number of primary sulfonamides is 1. The molecule has 0 radical (unpaired) electrons. The van der Waals surface area contributed by atoms with Gasteiger partial charge in [0.1, 0.15) is 16.3 Å². The van der Waals surface area contributed by atoms with Gasteiger partial charge in [-0.3, -0.25) is 0 Å². The minimum absolute atomic E-state index is 0.0297. The summed E-state index contributed by atoms with van der Waals surface area (Å²) in [5, 5.41) is 17.8. The van der Waals surface area contributed by atoms with E-state index in [1.165, 1.54) is 6.07 Å². The fourth-order valence-corrected chi connectivity index (χ4v) is 6.97. The van der Waals surface area contributed by atoms with E-state index in [4.69, 9.17) is 14.9 Å². The van der Waals surface area contributed by atoms with Gasteiger partial charge in [0.05, 0.1) is 22.2 Å². The summed E-state index contributed by atoms with van der Waals surface area (Å²) in [6, 6.07) is 6.92. The van der Waals surface area contributed by atoms with Crippen molar-refractivity contribution in [2.24, 2.45) is 11.1 Å². The number of fused-ring (bicyclic) bond motifs is 1. The van der Waals surface area contributed by atoms with Crippen molar-refractivity contribution in [3.63, 3.8) is 0 Å². The highest BCUT2D eigenvalue weighted by atomic mass is 32.2. The number of esters is 1. The first-order chi connectivity index (χ1) is 18.1. The maximum Gasteiger partial charge on any atom is 0.339 e. The number of nitrogens with two attached hydrogens (primary N) is 1. The van der Waals surface area contributed by atoms with Crippen molar-refractivity contribution in [2.75, 3.05) is 0 Å². The standard InChI is InChI=1S/C30H36N2O5S/c1-3-13-29(14-4-2)19-23(33)25(28(34)37-29)30(15-6-5-7-16-30)27-22(17-20-11-12-20)18-21-9-8-10-24(26(21)32-27)38(31,35)36/h5-10,15,18,20,33H,3-4,11-14,16-17,19H2,1-2H3,(H2,31,35,36). The number of aliphatic hydroxyl groups excluding tert-OH is 1. The number of hydrogen-bond donors (Lipinski definition) is 2. The second kappa shape index (κ2) is 9.97. The Bertz CT molecular complexity index is 1460. The Morgan fingerprint density at radius 1 is 1.16 bits per heavy atom. The van der Waals surface area contributed by atoms with Crippen molar-refractivity contribution in [3.05, 3.63) is 71.2 Å². The highest BCUT2D eigenvalue weighted by molar-refractivity contribution is 7.89. The molecule has 3 aliphatic rings. The molecule has 1 atom stereocenters. The van der Waals surface area contributed by atoms with Crippen LogP contribution in [-0.2, 0) is 31.4 Å². The third-order valence-corrected chi connectivity index (χ3v) is 8.98. The zero-order valence-corrected chi connectivity index (χ0v) is 22.9. The number of cyclic esters (lactones) is 1. The third-order valence-electron chi connectivity index (χ3n) is 8.04. The topological polar surface area (TPSA) is 120 Å². The molecule has 2 aromatic rings. The maximum absolute atomic E-state index is 13.8. The van der Waals surface area contributed by atoms with Crippen molar-refractivity contribution >= 4 is 26.9 Å². The summed E-state index contributed by atoms with van der Waals surface area (Å²) < 4.78 is 31.1. The van der Waals surface area contributed by atoms with Crippen LogP contribution in [0.4, 0.5) is 0 Å². The molecule has 2 aliphatic carbocycles. The fraction of sp³-hybridized carbons (Fsp3) is 0.467. The Morgan fingerprint density at radius 2 is 1.89 bits per heavy atom. The van der Waals surface area contributed by atoms with Crippen LogP contribution in [0, 0.1) is 5.92 Å². The molecule has 1 aliphatic heterocycles. The monoisotopic (exact) mass is 536 g/mol. The number of sulfonamides is 1. The van der Waals surface area contributed by atoms with Gasteiger partial charge in [0, 0.05) is 11.8 Å². The maximum atomic E-state index is 13.8. The molecule has 1 saturated carbocycles. The number of benzene rings is 1. The molecule has 1 aromatic carbocycles. The van der Waals surface area contributed by atoms with E-state index >= 15 is 0 Å². The molecule has 0 bridgehead atoms. The number of aliphatic hydroxyl groups is 1. The average Bonchev–Trinajstić information content (AvgIpc) is 3.67. The summed E-state index contributed by atoms with van der Waals surface area (Å²) in [7, 11) is -4.04. The molecule has 3 N–H and O–H groups in total. The van der Waals surface area contributed by atoms with E-state index in [9.17, 15) is 18.3 Å². The van der Waals surface area contributed by atoms with E-state index in [0.29, 0.717) is 36.3 Å². The Morgan fingerprint density at radius 3 is 2.47 bits per heavy atom. The summed E-state index contributed by atoms with van der Waals surface area (Å²) in [4.78, 5) is 18.8. The predicted molar refractivity (Wildman–Crippen MR) is 147 cm³/mol. The second-order valence-electron chi connectivity index (χ2n) is 11.1. The number of hydrogen-bond acceptors (Lipinski definition) is 6. The van der Waals surface area contributed by atoms with Gasteiger partial charge in [-0.2, -0.15) is 0 Å². The third kappa shape index (κ3) is 4.80. The van der Waals surface area contributed by atoms with Gasteiger partial charge in [-0.05, 0) is 62.1 Å². The van der Waals surface area contributed by atoms with Gasteiger partial charge in [0.2, 0.25) is 10.0 Å². The number of allylic oxidation sites excluding steroid dienone is 4. The Labute approximate surface area is 224 Å². The lowest BCUT2D eigenvalue weighted by Crippen LogP contribution is -2.45. The largest absolute Gasteiger partial charge is 0.512 e. The molecule has 5 rings (SSSR count). The normalized spacial score (nSPS) is 23.2. The molecular formula is C30H36N2O5S. The number of pyridine rings is 1. The van der Waals surface area contributed by atoms with Crippen LogP contribution in [-0.4, -0.2) is 30.1 Å². The lowest BCUT2D eigenvalue weighted by Gasteiger charge is -2.42. The molecule has 2 heterocycles. The van der Waals surface area contributed by atoms with E-state index in [-0.39, 0.29) is 28.2 Å². The van der Waals surface area contributed by atoms with Gasteiger partial charge in [-0.25, -0.2) is 23.3 Å². The van der Waals surface area contributed by atoms with E-state index in [1.54, 1.807) is 6.07 Å². The minimum atomic E-state index is -4.04. The Balaban J connectivity index is 1.76. The molecule has 1 aromatic heterocycles. The van der Waals surface area contributed by atoms with Gasteiger partial charge in [0.15, 0.2) is 0 Å². The van der Waals surface area contributed by atoms with Crippen molar-refractivity contribution in [1.82, 2.24) is 4.98 Å². The molecule has 1 fully saturated rings.